The first-order valence-electron chi connectivity index (χ1n) is 7.42. The quantitative estimate of drug-likeness (QED) is 0.625. The third kappa shape index (κ3) is 6.48. The van der Waals surface area contributed by atoms with Gasteiger partial charge < -0.3 is 21.9 Å². The number of hydrogen-bond acceptors (Lipinski definition) is 4. The van der Waals surface area contributed by atoms with Crippen LogP contribution in [-0.4, -0.2) is 28.9 Å². The molecular weight excluding hydrogens is 298 g/mol. The summed E-state index contributed by atoms with van der Waals surface area (Å²) >= 11 is 0. The number of benzene rings is 1. The van der Waals surface area contributed by atoms with Crippen molar-refractivity contribution in [1.29, 1.82) is 0 Å². The van der Waals surface area contributed by atoms with Gasteiger partial charge in [0.25, 0.3) is 0 Å². The molecule has 0 saturated carbocycles. The molecule has 2 atom stereocenters. The Labute approximate surface area is 135 Å². The van der Waals surface area contributed by atoms with Crippen molar-refractivity contribution in [1.82, 2.24) is 5.32 Å². The van der Waals surface area contributed by atoms with Crippen molar-refractivity contribution in [3.05, 3.63) is 35.4 Å². The average Bonchev–Trinajstić information content (AvgIpc) is 2.85. The fourth-order valence-electron chi connectivity index (χ4n) is 2.38. The number of rotatable bonds is 5. The van der Waals surface area contributed by atoms with Gasteiger partial charge in [0.15, 0.2) is 0 Å². The van der Waals surface area contributed by atoms with Gasteiger partial charge in [-0.15, -0.1) is 0 Å². The first-order valence-corrected chi connectivity index (χ1v) is 7.42. The van der Waals surface area contributed by atoms with Crippen molar-refractivity contribution in [2.45, 2.75) is 44.7 Å². The van der Waals surface area contributed by atoms with E-state index in [0.717, 1.165) is 12.8 Å². The number of carbonyl (C=O) groups excluding carboxylic acids is 2. The summed E-state index contributed by atoms with van der Waals surface area (Å²) in [6.45, 7) is 1.21. The zero-order valence-corrected chi connectivity index (χ0v) is 13.1. The molecule has 0 heterocycles. The van der Waals surface area contributed by atoms with Gasteiger partial charge >= 0.3 is 5.97 Å². The number of aliphatic carboxylic acids is 1. The third-order valence-electron chi connectivity index (χ3n) is 3.53. The molecule has 2 amide bonds. The summed E-state index contributed by atoms with van der Waals surface area (Å²) in [5, 5.41) is 10.8. The van der Waals surface area contributed by atoms with E-state index in [1.165, 1.54) is 18.1 Å². The molecule has 6 N–H and O–H groups in total. The summed E-state index contributed by atoms with van der Waals surface area (Å²) in [6.07, 6.45) is 2.25. The van der Waals surface area contributed by atoms with Gasteiger partial charge in [0.05, 0.1) is 0 Å². The predicted octanol–water partition coefficient (Wildman–Crippen LogP) is 0.474. The molecule has 0 radical (unpaired) electrons. The van der Waals surface area contributed by atoms with Gasteiger partial charge in [0.1, 0.15) is 6.04 Å². The van der Waals surface area contributed by atoms with Gasteiger partial charge in [-0.25, -0.2) is 4.79 Å². The fraction of sp³-hybridized carbons (Fsp3) is 0.438. The number of carbonyl (C=O) groups is 3. The van der Waals surface area contributed by atoms with Crippen LogP contribution in [0, 0.1) is 0 Å². The van der Waals surface area contributed by atoms with Crippen LogP contribution < -0.4 is 16.8 Å². The Morgan fingerprint density at radius 2 is 2.00 bits per heavy atom. The zero-order valence-electron chi connectivity index (χ0n) is 13.1. The van der Waals surface area contributed by atoms with Gasteiger partial charge in [0, 0.05) is 19.4 Å². The summed E-state index contributed by atoms with van der Waals surface area (Å²) in [7, 11) is 0. The number of fused-ring (bicyclic) bond motifs is 1. The second-order valence-electron chi connectivity index (χ2n) is 5.44. The lowest BCUT2D eigenvalue weighted by molar-refractivity contribution is -0.141. The van der Waals surface area contributed by atoms with Crippen LogP contribution >= 0.6 is 0 Å². The zero-order chi connectivity index (χ0) is 17.4. The lowest BCUT2D eigenvalue weighted by Crippen LogP contribution is -2.40. The molecule has 0 spiro atoms. The Morgan fingerprint density at radius 1 is 1.35 bits per heavy atom. The summed E-state index contributed by atoms with van der Waals surface area (Å²) < 4.78 is 0. The van der Waals surface area contributed by atoms with Crippen molar-refractivity contribution >= 4 is 17.8 Å². The van der Waals surface area contributed by atoms with Gasteiger partial charge in [-0.1, -0.05) is 24.3 Å². The normalized spacial score (nSPS) is 16.5. The van der Waals surface area contributed by atoms with Gasteiger partial charge in [0.2, 0.25) is 11.8 Å². The SMILES string of the molecule is CC(=O)N[C@@H](CCC(N)=O)C(=O)O.N[C@H]1CCc2ccccc21. The highest BCUT2D eigenvalue weighted by Gasteiger charge is 2.18. The first-order chi connectivity index (χ1) is 10.8. The van der Waals surface area contributed by atoms with Crippen LogP contribution in [0.5, 0.6) is 0 Å². The lowest BCUT2D eigenvalue weighted by Gasteiger charge is -2.11. The van der Waals surface area contributed by atoms with E-state index in [1.807, 2.05) is 0 Å². The molecule has 1 aromatic carbocycles. The number of carboxylic acid groups (broad SMARTS) is 1. The van der Waals surface area contributed by atoms with Crippen LogP contribution in [0.15, 0.2) is 24.3 Å². The second kappa shape index (κ2) is 8.89. The van der Waals surface area contributed by atoms with Gasteiger partial charge in [-0.05, 0) is 30.4 Å². The van der Waals surface area contributed by atoms with Crippen molar-refractivity contribution in [2.24, 2.45) is 11.5 Å². The lowest BCUT2D eigenvalue weighted by atomic mass is 10.1. The third-order valence-corrected chi connectivity index (χ3v) is 3.53. The summed E-state index contributed by atoms with van der Waals surface area (Å²) in [5.41, 5.74) is 13.5. The standard InChI is InChI=1S/C9H11N.C7H12N2O4/c10-9-6-5-7-3-1-2-4-8(7)9;1-4(10)9-5(7(12)13)2-3-6(8)11/h1-4,9H,5-6,10H2;5H,2-3H2,1H3,(H2,8,11)(H,9,10)(H,12,13)/t9-;5-/m00/s1. The van der Waals surface area contributed by atoms with Crippen LogP contribution in [0.4, 0.5) is 0 Å². The molecule has 0 bridgehead atoms. The molecule has 7 nitrogen and oxygen atoms in total. The Balaban J connectivity index is 0.000000235. The fourth-order valence-corrected chi connectivity index (χ4v) is 2.38. The van der Waals surface area contributed by atoms with E-state index in [1.54, 1.807) is 0 Å². The van der Waals surface area contributed by atoms with Crippen LogP contribution in [-0.2, 0) is 20.8 Å². The van der Waals surface area contributed by atoms with E-state index < -0.39 is 23.8 Å². The molecule has 0 unspecified atom stereocenters. The molecule has 23 heavy (non-hydrogen) atoms. The van der Waals surface area contributed by atoms with Crippen molar-refractivity contribution in [3.63, 3.8) is 0 Å². The van der Waals surface area contributed by atoms with Crippen molar-refractivity contribution in [3.8, 4) is 0 Å². The molecule has 0 saturated heterocycles. The number of hydrogen-bond donors (Lipinski definition) is 4. The van der Waals surface area contributed by atoms with E-state index in [4.69, 9.17) is 16.6 Å². The molecule has 1 aromatic rings. The van der Waals surface area contributed by atoms with E-state index >= 15 is 0 Å². The van der Waals surface area contributed by atoms with E-state index in [2.05, 4.69) is 29.6 Å². The molecule has 2 rings (SSSR count). The Kier molecular flexibility index (Phi) is 7.21. The smallest absolute Gasteiger partial charge is 0.326 e. The minimum absolute atomic E-state index is 0.0181. The minimum Gasteiger partial charge on any atom is -0.480 e. The molecule has 0 fully saturated rings. The van der Waals surface area contributed by atoms with Gasteiger partial charge in [-0.2, -0.15) is 0 Å². The minimum atomic E-state index is -1.17. The number of nitrogens with two attached hydrogens (primary N) is 2. The first kappa shape index (κ1) is 18.6. The summed E-state index contributed by atoms with van der Waals surface area (Å²) in [6, 6.07) is 7.71. The highest BCUT2D eigenvalue weighted by atomic mass is 16.4. The molecule has 1 aliphatic rings. The summed E-state index contributed by atoms with van der Waals surface area (Å²) in [4.78, 5) is 31.3. The predicted molar refractivity (Wildman–Crippen MR) is 85.4 cm³/mol. The largest absolute Gasteiger partial charge is 0.480 e. The molecule has 126 valence electrons. The topological polar surface area (TPSA) is 136 Å². The Bertz CT molecular complexity index is 574. The van der Waals surface area contributed by atoms with Crippen LogP contribution in [0.25, 0.3) is 0 Å². The van der Waals surface area contributed by atoms with E-state index in [-0.39, 0.29) is 12.8 Å². The highest BCUT2D eigenvalue weighted by Crippen LogP contribution is 2.28. The maximum absolute atomic E-state index is 10.5. The second-order valence-corrected chi connectivity index (χ2v) is 5.44. The Morgan fingerprint density at radius 3 is 2.52 bits per heavy atom. The van der Waals surface area contributed by atoms with Crippen LogP contribution in [0.3, 0.4) is 0 Å². The van der Waals surface area contributed by atoms with Crippen LogP contribution in [0.2, 0.25) is 0 Å². The molecule has 0 aromatic heterocycles. The number of nitrogens with one attached hydrogen (secondary N) is 1. The van der Waals surface area contributed by atoms with Crippen LogP contribution in [0.1, 0.15) is 43.4 Å². The molecular formula is C16H23N3O4. The number of amides is 2. The monoisotopic (exact) mass is 321 g/mol. The average molecular weight is 321 g/mol. The number of primary amides is 1. The maximum atomic E-state index is 10.5. The number of carboxylic acids is 1. The van der Waals surface area contributed by atoms with E-state index in [9.17, 15) is 14.4 Å². The Hall–Kier alpha value is -2.41. The summed E-state index contributed by atoms with van der Waals surface area (Å²) in [5.74, 6) is -2.20. The maximum Gasteiger partial charge on any atom is 0.326 e. The highest BCUT2D eigenvalue weighted by molar-refractivity contribution is 5.83. The molecule has 0 aliphatic heterocycles. The van der Waals surface area contributed by atoms with E-state index in [0.29, 0.717) is 6.04 Å². The molecule has 7 heteroatoms. The van der Waals surface area contributed by atoms with Crippen molar-refractivity contribution in [2.75, 3.05) is 0 Å². The van der Waals surface area contributed by atoms with Gasteiger partial charge in [-0.3, -0.25) is 9.59 Å². The van der Waals surface area contributed by atoms with Crippen molar-refractivity contribution < 1.29 is 19.5 Å². The molecule has 1 aliphatic carbocycles. The number of aryl methyl sites for hydroxylation is 1.